The predicted molar refractivity (Wildman–Crippen MR) is 146 cm³/mol. The van der Waals surface area contributed by atoms with Gasteiger partial charge in [-0.2, -0.15) is 0 Å². The van der Waals surface area contributed by atoms with E-state index in [1.165, 1.54) is 12.1 Å². The van der Waals surface area contributed by atoms with E-state index in [-0.39, 0.29) is 5.82 Å². The second kappa shape index (κ2) is 11.4. The van der Waals surface area contributed by atoms with Gasteiger partial charge in [0.2, 0.25) is 0 Å². The number of anilines is 3. The first-order chi connectivity index (χ1) is 18.5. The Labute approximate surface area is 221 Å². The van der Waals surface area contributed by atoms with Crippen molar-refractivity contribution in [3.63, 3.8) is 0 Å². The zero-order valence-electron chi connectivity index (χ0n) is 21.9. The van der Waals surface area contributed by atoms with E-state index in [0.717, 1.165) is 62.3 Å². The van der Waals surface area contributed by atoms with E-state index in [1.54, 1.807) is 26.4 Å². The van der Waals surface area contributed by atoms with Crippen molar-refractivity contribution in [1.82, 2.24) is 4.90 Å². The van der Waals surface area contributed by atoms with E-state index in [2.05, 4.69) is 10.2 Å². The fraction of sp³-hybridized carbons (Fsp3) is 0.448. The smallest absolute Gasteiger partial charge is 0.253 e. The predicted octanol–water partition coefficient (Wildman–Crippen LogP) is 3.73. The number of ether oxygens (including phenoxy) is 3. The zero-order chi connectivity index (χ0) is 26.6. The van der Waals surface area contributed by atoms with Gasteiger partial charge < -0.3 is 29.3 Å². The van der Waals surface area contributed by atoms with Crippen LogP contribution in [0.3, 0.4) is 0 Å². The molecule has 0 bridgehead atoms. The minimum atomic E-state index is -0.455. The number of halogens is 1. The zero-order valence-corrected chi connectivity index (χ0v) is 21.9. The molecule has 0 saturated carbocycles. The SMILES string of the molecule is COc1cc(OC)c2c(c1)N(c1c(NCCN3CCC(CCOc4ccc(F)cc4)CC3)c(=O)c1=O)CC2. The van der Waals surface area contributed by atoms with E-state index in [1.807, 2.05) is 17.0 Å². The van der Waals surface area contributed by atoms with Crippen molar-refractivity contribution in [3.05, 3.63) is 68.2 Å². The summed E-state index contributed by atoms with van der Waals surface area (Å²) in [6.07, 6.45) is 3.88. The minimum absolute atomic E-state index is 0.261. The van der Waals surface area contributed by atoms with Gasteiger partial charge in [-0.05, 0) is 69.0 Å². The molecule has 0 unspecified atom stereocenters. The molecule has 2 heterocycles. The molecule has 0 radical (unpaired) electrons. The number of methoxy groups -OCH3 is 2. The molecule has 5 rings (SSSR count). The lowest BCUT2D eigenvalue weighted by atomic mass is 9.94. The van der Waals surface area contributed by atoms with Crippen LogP contribution in [0.5, 0.6) is 17.2 Å². The highest BCUT2D eigenvalue weighted by Crippen LogP contribution is 2.43. The first kappa shape index (κ1) is 26.0. The summed E-state index contributed by atoms with van der Waals surface area (Å²) in [7, 11) is 3.21. The van der Waals surface area contributed by atoms with E-state index in [0.29, 0.717) is 48.5 Å². The quantitative estimate of drug-likeness (QED) is 0.381. The van der Waals surface area contributed by atoms with E-state index >= 15 is 0 Å². The van der Waals surface area contributed by atoms with Gasteiger partial charge in [0.25, 0.3) is 10.9 Å². The van der Waals surface area contributed by atoms with Gasteiger partial charge in [-0.1, -0.05) is 0 Å². The summed E-state index contributed by atoms with van der Waals surface area (Å²) in [5, 5.41) is 3.25. The van der Waals surface area contributed by atoms with Crippen molar-refractivity contribution in [1.29, 1.82) is 0 Å². The van der Waals surface area contributed by atoms with E-state index in [4.69, 9.17) is 14.2 Å². The highest BCUT2D eigenvalue weighted by atomic mass is 19.1. The second-order valence-corrected chi connectivity index (χ2v) is 9.91. The Morgan fingerprint density at radius 2 is 1.74 bits per heavy atom. The molecule has 8 nitrogen and oxygen atoms in total. The van der Waals surface area contributed by atoms with Crippen molar-refractivity contribution >= 4 is 17.1 Å². The lowest BCUT2D eigenvalue weighted by Crippen LogP contribution is -2.42. The fourth-order valence-electron chi connectivity index (χ4n) is 5.49. The first-order valence-electron chi connectivity index (χ1n) is 13.2. The molecule has 1 saturated heterocycles. The summed E-state index contributed by atoms with van der Waals surface area (Å²) in [6, 6.07) is 9.86. The standard InChI is InChI=1S/C29H34FN3O5/c1-36-22-17-24-23(25(18-22)37-2)9-14-33(24)27-26(28(34)29(27)35)31-11-15-32-12-7-19(8-13-32)10-16-38-21-5-3-20(30)4-6-21/h3-6,17-19,31H,7-16H2,1-2H3. The van der Waals surface area contributed by atoms with Gasteiger partial charge in [0.05, 0.1) is 26.5 Å². The third-order valence-corrected chi connectivity index (χ3v) is 7.69. The molecule has 3 aromatic carbocycles. The highest BCUT2D eigenvalue weighted by molar-refractivity contribution is 5.84. The Bertz CT molecular complexity index is 1330. The van der Waals surface area contributed by atoms with Crippen LogP contribution in [0.25, 0.3) is 0 Å². The van der Waals surface area contributed by atoms with Crippen molar-refractivity contribution < 1.29 is 18.6 Å². The number of benzene rings is 2. The van der Waals surface area contributed by atoms with Gasteiger partial charge in [0.15, 0.2) is 0 Å². The molecule has 202 valence electrons. The van der Waals surface area contributed by atoms with Gasteiger partial charge in [-0.25, -0.2) is 4.39 Å². The number of fused-ring (bicyclic) bond motifs is 1. The first-order valence-corrected chi connectivity index (χ1v) is 13.2. The molecule has 2 aliphatic rings. The van der Waals surface area contributed by atoms with Gasteiger partial charge in [0.1, 0.15) is 34.4 Å². The highest BCUT2D eigenvalue weighted by Gasteiger charge is 2.33. The van der Waals surface area contributed by atoms with Crippen LogP contribution >= 0.6 is 0 Å². The lowest BCUT2D eigenvalue weighted by Gasteiger charge is -2.32. The fourth-order valence-corrected chi connectivity index (χ4v) is 5.49. The Balaban J connectivity index is 1.11. The maximum absolute atomic E-state index is 13.0. The van der Waals surface area contributed by atoms with Crippen molar-refractivity contribution in [2.75, 3.05) is 63.8 Å². The van der Waals surface area contributed by atoms with Gasteiger partial charge in [-0.15, -0.1) is 0 Å². The number of nitrogens with one attached hydrogen (secondary N) is 1. The van der Waals surface area contributed by atoms with Crippen LogP contribution in [0, 0.1) is 11.7 Å². The molecule has 0 atom stereocenters. The molecular formula is C29H34FN3O5. The summed E-state index contributed by atoms with van der Waals surface area (Å²) < 4.78 is 29.7. The third kappa shape index (κ3) is 5.34. The molecule has 0 aliphatic carbocycles. The summed E-state index contributed by atoms with van der Waals surface area (Å²) in [5.74, 6) is 2.40. The van der Waals surface area contributed by atoms with Gasteiger partial charge in [-0.3, -0.25) is 9.59 Å². The summed E-state index contributed by atoms with van der Waals surface area (Å²) >= 11 is 0. The van der Waals surface area contributed by atoms with Crippen molar-refractivity contribution in [2.24, 2.45) is 5.92 Å². The Morgan fingerprint density at radius 1 is 0.974 bits per heavy atom. The second-order valence-electron chi connectivity index (χ2n) is 9.91. The average molecular weight is 524 g/mol. The Kier molecular flexibility index (Phi) is 7.83. The van der Waals surface area contributed by atoms with Crippen LogP contribution in [-0.4, -0.2) is 58.5 Å². The van der Waals surface area contributed by atoms with Gasteiger partial charge >= 0.3 is 0 Å². The summed E-state index contributed by atoms with van der Waals surface area (Å²) in [4.78, 5) is 29.3. The topological polar surface area (TPSA) is 80.3 Å². The molecule has 3 aromatic rings. The monoisotopic (exact) mass is 523 g/mol. The van der Waals surface area contributed by atoms with E-state index < -0.39 is 10.9 Å². The number of likely N-dealkylation sites (tertiary alicyclic amines) is 1. The number of hydrogen-bond acceptors (Lipinski definition) is 8. The van der Waals surface area contributed by atoms with Crippen molar-refractivity contribution in [3.8, 4) is 17.2 Å². The molecule has 2 aliphatic heterocycles. The Morgan fingerprint density at radius 3 is 2.45 bits per heavy atom. The maximum Gasteiger partial charge on any atom is 0.253 e. The van der Waals surface area contributed by atoms with Crippen molar-refractivity contribution in [2.45, 2.75) is 25.7 Å². The number of nitrogens with zero attached hydrogens (tertiary/aromatic N) is 2. The Hall–Kier alpha value is -3.59. The molecular weight excluding hydrogens is 489 g/mol. The molecule has 0 amide bonds. The maximum atomic E-state index is 13.0. The molecule has 38 heavy (non-hydrogen) atoms. The normalized spacial score (nSPS) is 16.0. The molecule has 1 fully saturated rings. The number of rotatable bonds is 11. The average Bonchev–Trinajstić information content (AvgIpc) is 3.36. The third-order valence-electron chi connectivity index (χ3n) is 7.69. The molecule has 0 spiro atoms. The lowest BCUT2D eigenvalue weighted by molar-refractivity contribution is 0.167. The minimum Gasteiger partial charge on any atom is -0.497 e. The van der Waals surface area contributed by atoms with E-state index in [9.17, 15) is 14.0 Å². The number of piperidine rings is 1. The summed E-state index contributed by atoms with van der Waals surface area (Å²) in [5.41, 5.74) is 1.79. The largest absolute Gasteiger partial charge is 0.497 e. The van der Waals surface area contributed by atoms with Crippen LogP contribution in [0.2, 0.25) is 0 Å². The van der Waals surface area contributed by atoms with Crippen LogP contribution in [0.4, 0.5) is 21.5 Å². The molecule has 9 heteroatoms. The summed E-state index contributed by atoms with van der Waals surface area (Å²) in [6.45, 7) is 4.61. The van der Waals surface area contributed by atoms with Gasteiger partial charge in [0, 0.05) is 37.3 Å². The molecule has 1 N–H and O–H groups in total. The molecule has 0 aromatic heterocycles. The number of hydrogen-bond donors (Lipinski definition) is 1. The van der Waals surface area contributed by atoms with Crippen LogP contribution < -0.4 is 35.3 Å². The van der Waals surface area contributed by atoms with Crippen LogP contribution in [0.15, 0.2) is 46.0 Å². The van der Waals surface area contributed by atoms with Crippen LogP contribution in [-0.2, 0) is 6.42 Å². The van der Waals surface area contributed by atoms with Crippen LogP contribution in [0.1, 0.15) is 24.8 Å².